The quantitative estimate of drug-likeness (QED) is 0.354. The summed E-state index contributed by atoms with van der Waals surface area (Å²) in [7, 11) is 3.48. The minimum Gasteiger partial charge on any atom is -0.381 e. The zero-order valence-electron chi connectivity index (χ0n) is 23.2. The smallest absolute Gasteiger partial charge is 0.257 e. The number of anilines is 1. The van der Waals surface area contributed by atoms with Crippen molar-refractivity contribution >= 4 is 34.3 Å². The number of rotatable bonds is 7. The van der Waals surface area contributed by atoms with Crippen LogP contribution in [0.25, 0.3) is 27.9 Å². The predicted molar refractivity (Wildman–Crippen MR) is 152 cm³/mol. The fraction of sp³-hybridized carbons (Fsp3) is 0.483. The lowest BCUT2D eigenvalue weighted by Crippen LogP contribution is -2.51. The molecule has 1 saturated carbocycles. The average molecular weight is 559 g/mol. The Morgan fingerprint density at radius 3 is 2.76 bits per heavy atom. The molecule has 4 aromatic heterocycles. The molecule has 3 aliphatic rings. The summed E-state index contributed by atoms with van der Waals surface area (Å²) in [4.78, 5) is 38.1. The van der Waals surface area contributed by atoms with Crippen LogP contribution in [0.5, 0.6) is 0 Å². The molecule has 41 heavy (non-hydrogen) atoms. The zero-order valence-corrected chi connectivity index (χ0v) is 23.2. The molecule has 7 rings (SSSR count). The maximum absolute atomic E-state index is 13.3. The third-order valence-corrected chi connectivity index (χ3v) is 8.83. The van der Waals surface area contributed by atoms with Crippen molar-refractivity contribution in [2.24, 2.45) is 0 Å². The van der Waals surface area contributed by atoms with E-state index in [1.54, 1.807) is 24.0 Å². The summed E-state index contributed by atoms with van der Waals surface area (Å²) < 4.78 is 14.7. The van der Waals surface area contributed by atoms with Crippen molar-refractivity contribution in [3.05, 3.63) is 42.4 Å². The van der Waals surface area contributed by atoms with E-state index in [2.05, 4.69) is 26.5 Å². The first-order valence-electron chi connectivity index (χ1n) is 14.3. The Hall–Kier alpha value is -4.03. The lowest BCUT2D eigenvalue weighted by atomic mass is 9.89. The van der Waals surface area contributed by atoms with Crippen LogP contribution in [0.3, 0.4) is 0 Å². The molecule has 2 aliphatic heterocycles. The Bertz CT molecular complexity index is 1620. The van der Waals surface area contributed by atoms with Gasteiger partial charge < -0.3 is 29.6 Å². The number of fused-ring (bicyclic) bond motifs is 2. The molecular formula is C29H34N8O4. The molecule has 4 aromatic rings. The van der Waals surface area contributed by atoms with Crippen LogP contribution < -0.4 is 10.6 Å². The van der Waals surface area contributed by atoms with E-state index >= 15 is 0 Å². The molecule has 0 aromatic carbocycles. The standard InChI is InChI=1S/C29H34N8O4/c1-30-25-13-23(33-28-20(14-32-37(25)28)29(39)34-22-5-6-24(22)40-2)21-16-36(27-19(21)4-3-9-31-27)18-12-26(38)35(15-18)17-7-10-41-11-8-17/h3-4,9,13-14,16-18,22,24,30H,5-8,10-12,15H2,1-2H3,(H,34,39)/t18-,22?,24?/m1/s1. The lowest BCUT2D eigenvalue weighted by Gasteiger charge is -2.35. The van der Waals surface area contributed by atoms with Crippen LogP contribution >= 0.6 is 0 Å². The van der Waals surface area contributed by atoms with Crippen molar-refractivity contribution in [3.8, 4) is 11.3 Å². The summed E-state index contributed by atoms with van der Waals surface area (Å²) in [6.45, 7) is 2.04. The largest absolute Gasteiger partial charge is 0.381 e. The third kappa shape index (κ3) is 4.41. The van der Waals surface area contributed by atoms with Crippen molar-refractivity contribution in [3.63, 3.8) is 0 Å². The van der Waals surface area contributed by atoms with E-state index in [1.807, 2.05) is 30.1 Å². The third-order valence-electron chi connectivity index (χ3n) is 8.83. The summed E-state index contributed by atoms with van der Waals surface area (Å²) in [5.41, 5.74) is 3.25. The maximum atomic E-state index is 13.3. The highest BCUT2D eigenvalue weighted by Gasteiger charge is 2.37. The zero-order chi connectivity index (χ0) is 28.1. The van der Waals surface area contributed by atoms with E-state index in [0.29, 0.717) is 48.9 Å². The molecule has 3 atom stereocenters. The van der Waals surface area contributed by atoms with Gasteiger partial charge in [0.15, 0.2) is 5.65 Å². The van der Waals surface area contributed by atoms with Crippen molar-refractivity contribution in [1.82, 2.24) is 34.4 Å². The van der Waals surface area contributed by atoms with E-state index < -0.39 is 0 Å². The Morgan fingerprint density at radius 1 is 1.15 bits per heavy atom. The van der Waals surface area contributed by atoms with E-state index in [9.17, 15) is 9.59 Å². The second-order valence-electron chi connectivity index (χ2n) is 11.1. The molecule has 0 spiro atoms. The average Bonchev–Trinajstić information content (AvgIpc) is 3.70. The van der Waals surface area contributed by atoms with Crippen molar-refractivity contribution in [2.75, 3.05) is 39.2 Å². The second kappa shape index (κ2) is 10.4. The first-order valence-corrected chi connectivity index (χ1v) is 14.3. The van der Waals surface area contributed by atoms with Crippen molar-refractivity contribution < 1.29 is 19.1 Å². The van der Waals surface area contributed by atoms with Gasteiger partial charge in [0, 0.05) is 75.8 Å². The number of methoxy groups -OCH3 is 1. The predicted octanol–water partition coefficient (Wildman–Crippen LogP) is 2.65. The maximum Gasteiger partial charge on any atom is 0.257 e. The van der Waals surface area contributed by atoms with Gasteiger partial charge in [-0.15, -0.1) is 0 Å². The number of nitrogens with zero attached hydrogens (tertiary/aromatic N) is 6. The van der Waals surface area contributed by atoms with Gasteiger partial charge in [0.25, 0.3) is 5.91 Å². The number of carbonyl (C=O) groups excluding carboxylic acids is 2. The molecule has 3 fully saturated rings. The van der Waals surface area contributed by atoms with Crippen LogP contribution in [-0.2, 0) is 14.3 Å². The fourth-order valence-corrected chi connectivity index (χ4v) is 6.42. The van der Waals surface area contributed by atoms with Crippen LogP contribution in [0.1, 0.15) is 48.5 Å². The number of hydrogen-bond acceptors (Lipinski definition) is 8. The second-order valence-corrected chi connectivity index (χ2v) is 11.1. The highest BCUT2D eigenvalue weighted by atomic mass is 16.5. The Kier molecular flexibility index (Phi) is 6.58. The molecule has 214 valence electrons. The number of carbonyl (C=O) groups is 2. The van der Waals surface area contributed by atoms with Crippen molar-refractivity contribution in [2.45, 2.75) is 56.3 Å². The summed E-state index contributed by atoms with van der Waals surface area (Å²) in [6, 6.07) is 6.03. The Labute approximate surface area is 237 Å². The number of aromatic nitrogens is 5. The van der Waals surface area contributed by atoms with E-state index in [1.165, 1.54) is 0 Å². The van der Waals surface area contributed by atoms with Gasteiger partial charge in [0.2, 0.25) is 5.91 Å². The molecule has 2 N–H and O–H groups in total. The summed E-state index contributed by atoms with van der Waals surface area (Å²) in [6.07, 6.45) is 9.41. The molecule has 2 amide bonds. The van der Waals surface area contributed by atoms with Crippen LogP contribution in [0, 0.1) is 0 Å². The van der Waals surface area contributed by atoms with Gasteiger partial charge >= 0.3 is 0 Å². The van der Waals surface area contributed by atoms with E-state index in [0.717, 1.165) is 42.3 Å². The van der Waals surface area contributed by atoms with Crippen LogP contribution in [-0.4, -0.2) is 93.0 Å². The highest BCUT2D eigenvalue weighted by molar-refractivity contribution is 6.01. The molecule has 1 aliphatic carbocycles. The van der Waals surface area contributed by atoms with Crippen LogP contribution in [0.4, 0.5) is 5.82 Å². The number of likely N-dealkylation sites (tertiary alicyclic amines) is 1. The summed E-state index contributed by atoms with van der Waals surface area (Å²) in [5.74, 6) is 0.657. The number of pyridine rings is 1. The number of amides is 2. The first kappa shape index (κ1) is 25.9. The molecule has 2 unspecified atom stereocenters. The monoisotopic (exact) mass is 558 g/mol. The summed E-state index contributed by atoms with van der Waals surface area (Å²) >= 11 is 0. The molecule has 0 bridgehead atoms. The first-order chi connectivity index (χ1) is 20.1. The number of nitrogens with one attached hydrogen (secondary N) is 2. The Morgan fingerprint density at radius 2 is 2.00 bits per heavy atom. The molecule has 12 heteroatoms. The van der Waals surface area contributed by atoms with Gasteiger partial charge in [-0.25, -0.2) is 9.97 Å². The van der Waals surface area contributed by atoms with Crippen LogP contribution in [0.2, 0.25) is 0 Å². The van der Waals surface area contributed by atoms with Gasteiger partial charge in [0.1, 0.15) is 17.0 Å². The highest BCUT2D eigenvalue weighted by Crippen LogP contribution is 2.36. The lowest BCUT2D eigenvalue weighted by molar-refractivity contribution is -0.131. The van der Waals surface area contributed by atoms with Gasteiger partial charge in [0.05, 0.1) is 30.1 Å². The Balaban J connectivity index is 1.26. The molecule has 12 nitrogen and oxygen atoms in total. The van der Waals surface area contributed by atoms with Gasteiger partial charge in [-0.2, -0.15) is 9.61 Å². The minimum atomic E-state index is -0.222. The number of hydrogen-bond donors (Lipinski definition) is 2. The van der Waals surface area contributed by atoms with E-state index in [-0.39, 0.29) is 36.0 Å². The van der Waals surface area contributed by atoms with Gasteiger partial charge in [-0.1, -0.05) is 0 Å². The van der Waals surface area contributed by atoms with Crippen LogP contribution in [0.15, 0.2) is 36.8 Å². The normalized spacial score (nSPS) is 23.3. The molecule has 2 saturated heterocycles. The molecule has 0 radical (unpaired) electrons. The summed E-state index contributed by atoms with van der Waals surface area (Å²) in [5, 5.41) is 11.7. The molecule has 6 heterocycles. The van der Waals surface area contributed by atoms with Crippen molar-refractivity contribution in [1.29, 1.82) is 0 Å². The SMILES string of the molecule is CNc1cc(-c2cn([C@@H]3CC(=O)N(C4CCOCC4)C3)c3ncccc23)nc2c(C(=O)NC3CCC3OC)cnn12. The number of ether oxygens (including phenoxy) is 2. The topological polar surface area (TPSA) is 128 Å². The minimum absolute atomic E-state index is 0.0201. The fourth-order valence-electron chi connectivity index (χ4n) is 6.42. The van der Waals surface area contributed by atoms with Gasteiger partial charge in [-0.05, 0) is 37.8 Å². The molecular weight excluding hydrogens is 524 g/mol. The van der Waals surface area contributed by atoms with Gasteiger partial charge in [-0.3, -0.25) is 9.59 Å². The van der Waals surface area contributed by atoms with E-state index in [4.69, 9.17) is 19.4 Å².